The summed E-state index contributed by atoms with van der Waals surface area (Å²) in [6, 6.07) is 0. The largest absolute Gasteiger partial charge is 0.380 e. The Hall–Kier alpha value is -0.610. The van der Waals surface area contributed by atoms with E-state index in [9.17, 15) is 4.79 Å². The van der Waals surface area contributed by atoms with Gasteiger partial charge in [-0.3, -0.25) is 4.79 Å². The second kappa shape index (κ2) is 5.64. The first-order valence-corrected chi connectivity index (χ1v) is 5.87. The number of methoxy groups -OCH3 is 1. The van der Waals surface area contributed by atoms with E-state index in [1.54, 1.807) is 7.11 Å². The summed E-state index contributed by atoms with van der Waals surface area (Å²) in [5, 5.41) is 0. The lowest BCUT2D eigenvalue weighted by Crippen LogP contribution is -2.45. The molecule has 0 aromatic heterocycles. The first kappa shape index (κ1) is 13.5. The van der Waals surface area contributed by atoms with Gasteiger partial charge < -0.3 is 14.4 Å². The topological polar surface area (TPSA) is 38.8 Å². The van der Waals surface area contributed by atoms with E-state index in [2.05, 4.69) is 0 Å². The average molecular weight is 229 g/mol. The molecule has 0 aromatic rings. The number of carbonyl (C=O) groups is 1. The summed E-state index contributed by atoms with van der Waals surface area (Å²) in [7, 11) is 1.70. The predicted molar refractivity (Wildman–Crippen MR) is 62.3 cm³/mol. The van der Waals surface area contributed by atoms with Gasteiger partial charge in [0.15, 0.2) is 0 Å². The van der Waals surface area contributed by atoms with E-state index < -0.39 is 0 Å². The van der Waals surface area contributed by atoms with E-state index in [-0.39, 0.29) is 24.2 Å². The van der Waals surface area contributed by atoms with Gasteiger partial charge in [0.1, 0.15) is 6.61 Å². The molecule has 1 fully saturated rings. The molecule has 4 nitrogen and oxygen atoms in total. The first-order valence-electron chi connectivity index (χ1n) is 5.87. The van der Waals surface area contributed by atoms with Crippen LogP contribution in [0.3, 0.4) is 0 Å². The highest BCUT2D eigenvalue weighted by Crippen LogP contribution is 2.13. The van der Waals surface area contributed by atoms with Crippen molar-refractivity contribution in [1.82, 2.24) is 4.90 Å². The molecular weight excluding hydrogens is 206 g/mol. The Morgan fingerprint density at radius 1 is 1.44 bits per heavy atom. The highest BCUT2D eigenvalue weighted by molar-refractivity contribution is 5.77. The lowest BCUT2D eigenvalue weighted by molar-refractivity contribution is -0.144. The van der Waals surface area contributed by atoms with Crippen LogP contribution in [0.25, 0.3) is 0 Å². The van der Waals surface area contributed by atoms with E-state index in [4.69, 9.17) is 9.47 Å². The average Bonchev–Trinajstić information content (AvgIpc) is 2.25. The SMILES string of the molecule is COC1CCCN(C(=O)COC(C)(C)C)C1. The molecule has 1 unspecified atom stereocenters. The number of rotatable bonds is 3. The van der Waals surface area contributed by atoms with E-state index in [1.165, 1.54) is 0 Å². The maximum absolute atomic E-state index is 11.9. The highest BCUT2D eigenvalue weighted by Gasteiger charge is 2.24. The van der Waals surface area contributed by atoms with Crippen LogP contribution in [0.5, 0.6) is 0 Å². The normalized spacial score (nSPS) is 22.2. The van der Waals surface area contributed by atoms with Crippen molar-refractivity contribution >= 4 is 5.91 Å². The Morgan fingerprint density at radius 3 is 2.69 bits per heavy atom. The number of likely N-dealkylation sites (tertiary alicyclic amines) is 1. The molecular formula is C12H23NO3. The molecule has 1 saturated heterocycles. The predicted octanol–water partition coefficient (Wildman–Crippen LogP) is 1.44. The number of amides is 1. The quantitative estimate of drug-likeness (QED) is 0.735. The highest BCUT2D eigenvalue weighted by atomic mass is 16.5. The van der Waals surface area contributed by atoms with Crippen molar-refractivity contribution in [2.75, 3.05) is 26.8 Å². The molecule has 1 amide bonds. The summed E-state index contributed by atoms with van der Waals surface area (Å²) >= 11 is 0. The Morgan fingerprint density at radius 2 is 2.12 bits per heavy atom. The summed E-state index contributed by atoms with van der Waals surface area (Å²) in [6.45, 7) is 7.55. The van der Waals surface area contributed by atoms with Crippen LogP contribution in [-0.2, 0) is 14.3 Å². The molecule has 1 heterocycles. The minimum atomic E-state index is -0.258. The Kier molecular flexibility index (Phi) is 4.74. The van der Waals surface area contributed by atoms with Crippen molar-refractivity contribution in [2.24, 2.45) is 0 Å². The van der Waals surface area contributed by atoms with E-state index in [0.717, 1.165) is 19.4 Å². The smallest absolute Gasteiger partial charge is 0.248 e. The van der Waals surface area contributed by atoms with Gasteiger partial charge in [0.25, 0.3) is 0 Å². The Balaban J connectivity index is 2.36. The van der Waals surface area contributed by atoms with Crippen LogP contribution in [0.2, 0.25) is 0 Å². The van der Waals surface area contributed by atoms with Gasteiger partial charge in [-0.1, -0.05) is 0 Å². The number of nitrogens with zero attached hydrogens (tertiary/aromatic N) is 1. The van der Waals surface area contributed by atoms with Crippen LogP contribution in [0.4, 0.5) is 0 Å². The molecule has 0 spiro atoms. The summed E-state index contributed by atoms with van der Waals surface area (Å²) in [6.07, 6.45) is 2.24. The van der Waals surface area contributed by atoms with Gasteiger partial charge in [0.2, 0.25) is 5.91 Å². The molecule has 94 valence electrons. The zero-order chi connectivity index (χ0) is 12.2. The van der Waals surface area contributed by atoms with Crippen molar-refractivity contribution < 1.29 is 14.3 Å². The van der Waals surface area contributed by atoms with Crippen LogP contribution in [0.1, 0.15) is 33.6 Å². The Labute approximate surface area is 97.9 Å². The molecule has 0 saturated carbocycles. The van der Waals surface area contributed by atoms with Gasteiger partial charge in [-0.05, 0) is 33.6 Å². The molecule has 1 rings (SSSR count). The molecule has 0 bridgehead atoms. The molecule has 1 aliphatic heterocycles. The van der Waals surface area contributed by atoms with E-state index in [0.29, 0.717) is 6.54 Å². The fourth-order valence-corrected chi connectivity index (χ4v) is 1.73. The van der Waals surface area contributed by atoms with E-state index >= 15 is 0 Å². The number of ether oxygens (including phenoxy) is 2. The molecule has 0 radical (unpaired) electrons. The summed E-state index contributed by atoms with van der Waals surface area (Å²) in [5.74, 6) is 0.0664. The maximum Gasteiger partial charge on any atom is 0.248 e. The standard InChI is InChI=1S/C12H23NO3/c1-12(2,3)16-9-11(14)13-7-5-6-10(8-13)15-4/h10H,5-9H2,1-4H3. The third-order valence-corrected chi connectivity index (χ3v) is 2.69. The van der Waals surface area contributed by atoms with Crippen LogP contribution < -0.4 is 0 Å². The fourth-order valence-electron chi connectivity index (χ4n) is 1.73. The van der Waals surface area contributed by atoms with Crippen LogP contribution in [0.15, 0.2) is 0 Å². The van der Waals surface area contributed by atoms with Crippen molar-refractivity contribution in [2.45, 2.75) is 45.3 Å². The summed E-state index contributed by atoms with van der Waals surface area (Å²) in [5.41, 5.74) is -0.258. The van der Waals surface area contributed by atoms with Gasteiger partial charge in [0, 0.05) is 20.2 Å². The lowest BCUT2D eigenvalue weighted by atomic mass is 10.1. The zero-order valence-corrected chi connectivity index (χ0v) is 10.8. The molecule has 16 heavy (non-hydrogen) atoms. The first-order chi connectivity index (χ1) is 7.42. The molecule has 0 aromatic carbocycles. The van der Waals surface area contributed by atoms with Crippen molar-refractivity contribution in [1.29, 1.82) is 0 Å². The van der Waals surface area contributed by atoms with Crippen LogP contribution >= 0.6 is 0 Å². The minimum absolute atomic E-state index is 0.0664. The third kappa shape index (κ3) is 4.49. The lowest BCUT2D eigenvalue weighted by Gasteiger charge is -2.32. The van der Waals surface area contributed by atoms with Crippen molar-refractivity contribution in [3.05, 3.63) is 0 Å². The second-order valence-corrected chi connectivity index (χ2v) is 5.24. The number of carbonyl (C=O) groups excluding carboxylic acids is 1. The van der Waals surface area contributed by atoms with Crippen LogP contribution in [-0.4, -0.2) is 49.3 Å². The summed E-state index contributed by atoms with van der Waals surface area (Å²) in [4.78, 5) is 13.7. The second-order valence-electron chi connectivity index (χ2n) is 5.24. The monoisotopic (exact) mass is 229 g/mol. The van der Waals surface area contributed by atoms with Gasteiger partial charge in [-0.15, -0.1) is 0 Å². The van der Waals surface area contributed by atoms with Crippen molar-refractivity contribution in [3.8, 4) is 0 Å². The Bertz CT molecular complexity index is 235. The number of hydrogen-bond acceptors (Lipinski definition) is 3. The minimum Gasteiger partial charge on any atom is -0.380 e. The molecule has 1 aliphatic rings. The maximum atomic E-state index is 11.9. The van der Waals surface area contributed by atoms with Crippen molar-refractivity contribution in [3.63, 3.8) is 0 Å². The van der Waals surface area contributed by atoms with Gasteiger partial charge in [-0.25, -0.2) is 0 Å². The van der Waals surface area contributed by atoms with Crippen LogP contribution in [0, 0.1) is 0 Å². The molecule has 1 atom stereocenters. The zero-order valence-electron chi connectivity index (χ0n) is 10.8. The van der Waals surface area contributed by atoms with Gasteiger partial charge in [0.05, 0.1) is 11.7 Å². The third-order valence-electron chi connectivity index (χ3n) is 2.69. The molecule has 4 heteroatoms. The number of hydrogen-bond donors (Lipinski definition) is 0. The molecule has 0 N–H and O–H groups in total. The fraction of sp³-hybridized carbons (Fsp3) is 0.917. The van der Waals surface area contributed by atoms with E-state index in [1.807, 2.05) is 25.7 Å². The number of piperidine rings is 1. The molecule has 0 aliphatic carbocycles. The van der Waals surface area contributed by atoms with Gasteiger partial charge >= 0.3 is 0 Å². The van der Waals surface area contributed by atoms with Gasteiger partial charge in [-0.2, -0.15) is 0 Å². The summed E-state index contributed by atoms with van der Waals surface area (Å²) < 4.78 is 10.8.